The normalized spacial score (nSPS) is 10.6. The average molecular weight is 247 g/mol. The van der Waals surface area contributed by atoms with Gasteiger partial charge < -0.3 is 5.32 Å². The maximum Gasteiger partial charge on any atom is 0.0337 e. The molecule has 0 aliphatic heterocycles. The Balaban J connectivity index is 2.06. The largest absolute Gasteiger partial charge is 0.388 e. The summed E-state index contributed by atoms with van der Waals surface area (Å²) in [6, 6.07) is 21.7. The molecule has 1 N–H and O–H groups in total. The second kappa shape index (κ2) is 4.77. The van der Waals surface area contributed by atoms with Crippen molar-refractivity contribution in [3.05, 3.63) is 66.2 Å². The van der Waals surface area contributed by atoms with E-state index in [2.05, 4.69) is 72.9 Å². The van der Waals surface area contributed by atoms with Gasteiger partial charge in [-0.2, -0.15) is 0 Å². The minimum absolute atomic E-state index is 1.14. The van der Waals surface area contributed by atoms with Crippen LogP contribution in [-0.4, -0.2) is 7.05 Å². The standard InChI is InChI=1S/C18H17N/c1-13-3-4-17-12-16(6-5-15(17)11-13)14-7-9-18(19-2)10-8-14/h3-12,19H,1-2H3. The number of anilines is 1. The quantitative estimate of drug-likeness (QED) is 0.682. The molecule has 0 atom stereocenters. The Morgan fingerprint density at radius 2 is 1.32 bits per heavy atom. The van der Waals surface area contributed by atoms with Crippen LogP contribution in [0.3, 0.4) is 0 Å². The Morgan fingerprint density at radius 3 is 2.05 bits per heavy atom. The fourth-order valence-corrected chi connectivity index (χ4v) is 2.37. The Bertz CT molecular complexity index is 711. The van der Waals surface area contributed by atoms with E-state index in [0.29, 0.717) is 0 Å². The van der Waals surface area contributed by atoms with Gasteiger partial charge in [0.15, 0.2) is 0 Å². The molecule has 3 rings (SSSR count). The minimum atomic E-state index is 1.14. The molecule has 3 aromatic carbocycles. The lowest BCUT2D eigenvalue weighted by atomic mass is 10.00. The predicted octanol–water partition coefficient (Wildman–Crippen LogP) is 4.86. The molecule has 0 radical (unpaired) electrons. The van der Waals surface area contributed by atoms with Crippen molar-refractivity contribution >= 4 is 16.5 Å². The lowest BCUT2D eigenvalue weighted by Gasteiger charge is -2.06. The van der Waals surface area contributed by atoms with Gasteiger partial charge in [0.1, 0.15) is 0 Å². The van der Waals surface area contributed by atoms with Crippen molar-refractivity contribution < 1.29 is 0 Å². The minimum Gasteiger partial charge on any atom is -0.388 e. The smallest absolute Gasteiger partial charge is 0.0337 e. The fourth-order valence-electron chi connectivity index (χ4n) is 2.37. The first kappa shape index (κ1) is 11.8. The van der Waals surface area contributed by atoms with Crippen molar-refractivity contribution in [1.29, 1.82) is 0 Å². The summed E-state index contributed by atoms with van der Waals surface area (Å²) in [5.41, 5.74) is 4.96. The van der Waals surface area contributed by atoms with Crippen LogP contribution in [0.5, 0.6) is 0 Å². The van der Waals surface area contributed by atoms with Crippen LogP contribution in [-0.2, 0) is 0 Å². The van der Waals surface area contributed by atoms with Crippen LogP contribution in [0.2, 0.25) is 0 Å². The SMILES string of the molecule is CNc1ccc(-c2ccc3cc(C)ccc3c2)cc1. The van der Waals surface area contributed by atoms with Gasteiger partial charge in [0.05, 0.1) is 0 Å². The molecule has 0 bridgehead atoms. The van der Waals surface area contributed by atoms with Gasteiger partial charge in [0.2, 0.25) is 0 Å². The third-order valence-corrected chi connectivity index (χ3v) is 3.50. The highest BCUT2D eigenvalue weighted by atomic mass is 14.8. The zero-order valence-electron chi connectivity index (χ0n) is 11.3. The van der Waals surface area contributed by atoms with Crippen LogP contribution in [0.1, 0.15) is 5.56 Å². The molecule has 0 saturated carbocycles. The van der Waals surface area contributed by atoms with E-state index in [-0.39, 0.29) is 0 Å². The topological polar surface area (TPSA) is 12.0 Å². The van der Waals surface area contributed by atoms with E-state index >= 15 is 0 Å². The van der Waals surface area contributed by atoms with E-state index < -0.39 is 0 Å². The maximum atomic E-state index is 3.14. The van der Waals surface area contributed by atoms with E-state index in [1.807, 2.05) is 7.05 Å². The number of aryl methyl sites for hydroxylation is 1. The van der Waals surface area contributed by atoms with Crippen molar-refractivity contribution in [2.75, 3.05) is 12.4 Å². The van der Waals surface area contributed by atoms with Gasteiger partial charge in [-0.1, -0.05) is 48.0 Å². The van der Waals surface area contributed by atoms with E-state index in [9.17, 15) is 0 Å². The van der Waals surface area contributed by atoms with Crippen LogP contribution in [0.4, 0.5) is 5.69 Å². The highest BCUT2D eigenvalue weighted by Crippen LogP contribution is 2.26. The lowest BCUT2D eigenvalue weighted by Crippen LogP contribution is -1.87. The molecule has 0 unspecified atom stereocenters. The molecule has 0 spiro atoms. The van der Waals surface area contributed by atoms with Gasteiger partial charge in [-0.15, -0.1) is 0 Å². The third-order valence-electron chi connectivity index (χ3n) is 3.50. The van der Waals surface area contributed by atoms with Crippen LogP contribution in [0.25, 0.3) is 21.9 Å². The summed E-state index contributed by atoms with van der Waals surface area (Å²) >= 11 is 0. The summed E-state index contributed by atoms with van der Waals surface area (Å²) < 4.78 is 0. The number of hydrogen-bond acceptors (Lipinski definition) is 1. The number of fused-ring (bicyclic) bond motifs is 1. The van der Waals surface area contributed by atoms with Crippen LogP contribution < -0.4 is 5.32 Å². The van der Waals surface area contributed by atoms with Crippen molar-refractivity contribution in [3.8, 4) is 11.1 Å². The molecule has 0 fully saturated rings. The zero-order chi connectivity index (χ0) is 13.2. The molecular weight excluding hydrogens is 230 g/mol. The van der Waals surface area contributed by atoms with Gasteiger partial charge in [-0.05, 0) is 47.0 Å². The molecule has 19 heavy (non-hydrogen) atoms. The average Bonchev–Trinajstić information content (AvgIpc) is 2.47. The second-order valence-corrected chi connectivity index (χ2v) is 4.89. The molecule has 0 aliphatic rings. The van der Waals surface area contributed by atoms with Crippen molar-refractivity contribution in [3.63, 3.8) is 0 Å². The fraction of sp³-hybridized carbons (Fsp3) is 0.111. The van der Waals surface area contributed by atoms with Crippen molar-refractivity contribution in [2.24, 2.45) is 0 Å². The summed E-state index contributed by atoms with van der Waals surface area (Å²) in [6.45, 7) is 2.13. The van der Waals surface area contributed by atoms with Crippen LogP contribution in [0.15, 0.2) is 60.7 Å². The first-order chi connectivity index (χ1) is 9.26. The second-order valence-electron chi connectivity index (χ2n) is 4.89. The van der Waals surface area contributed by atoms with Gasteiger partial charge in [0, 0.05) is 12.7 Å². The summed E-state index contributed by atoms with van der Waals surface area (Å²) in [5.74, 6) is 0. The van der Waals surface area contributed by atoms with Gasteiger partial charge in [0.25, 0.3) is 0 Å². The lowest BCUT2D eigenvalue weighted by molar-refractivity contribution is 1.50. The number of hydrogen-bond donors (Lipinski definition) is 1. The van der Waals surface area contributed by atoms with Crippen LogP contribution >= 0.6 is 0 Å². The predicted molar refractivity (Wildman–Crippen MR) is 83.7 cm³/mol. The third kappa shape index (κ3) is 2.32. The molecule has 94 valence electrons. The molecule has 0 saturated heterocycles. The molecule has 0 amide bonds. The first-order valence-corrected chi connectivity index (χ1v) is 6.55. The van der Waals surface area contributed by atoms with Crippen LogP contribution in [0, 0.1) is 6.92 Å². The summed E-state index contributed by atoms with van der Waals surface area (Å²) in [7, 11) is 1.94. The zero-order valence-corrected chi connectivity index (χ0v) is 11.3. The molecule has 0 aromatic heterocycles. The van der Waals surface area contributed by atoms with Crippen molar-refractivity contribution in [2.45, 2.75) is 6.92 Å². The van der Waals surface area contributed by atoms with E-state index in [1.54, 1.807) is 0 Å². The van der Waals surface area contributed by atoms with E-state index in [4.69, 9.17) is 0 Å². The Kier molecular flexibility index (Phi) is 2.96. The molecular formula is C18H17N. The first-order valence-electron chi connectivity index (χ1n) is 6.55. The summed E-state index contributed by atoms with van der Waals surface area (Å²) in [6.07, 6.45) is 0. The molecule has 0 heterocycles. The number of nitrogens with one attached hydrogen (secondary N) is 1. The molecule has 1 heteroatoms. The molecule has 0 aliphatic carbocycles. The highest BCUT2D eigenvalue weighted by Gasteiger charge is 2.00. The molecule has 1 nitrogen and oxygen atoms in total. The van der Waals surface area contributed by atoms with E-state index in [1.165, 1.54) is 27.5 Å². The number of rotatable bonds is 2. The Hall–Kier alpha value is -2.28. The Morgan fingerprint density at radius 1 is 0.684 bits per heavy atom. The number of benzene rings is 3. The highest BCUT2D eigenvalue weighted by molar-refractivity contribution is 5.88. The van der Waals surface area contributed by atoms with Gasteiger partial charge >= 0.3 is 0 Å². The van der Waals surface area contributed by atoms with E-state index in [0.717, 1.165) is 5.69 Å². The monoisotopic (exact) mass is 247 g/mol. The summed E-state index contributed by atoms with van der Waals surface area (Å²) in [4.78, 5) is 0. The Labute approximate surface area is 113 Å². The van der Waals surface area contributed by atoms with Gasteiger partial charge in [-0.25, -0.2) is 0 Å². The molecule has 3 aromatic rings. The van der Waals surface area contributed by atoms with Crippen molar-refractivity contribution in [1.82, 2.24) is 0 Å². The summed E-state index contributed by atoms with van der Waals surface area (Å²) in [5, 5.41) is 5.74. The maximum absolute atomic E-state index is 3.14. The van der Waals surface area contributed by atoms with Gasteiger partial charge in [-0.3, -0.25) is 0 Å².